The fourth-order valence-electron chi connectivity index (χ4n) is 2.25. The SMILES string of the molecule is Cc1cc(CN=C(N)C2CCCC2)sc1C. The zero-order chi connectivity index (χ0) is 11.5. The smallest absolute Gasteiger partial charge is 0.0972 e. The number of nitrogens with two attached hydrogens (primary N) is 1. The second-order valence-corrected chi connectivity index (χ2v) is 6.02. The summed E-state index contributed by atoms with van der Waals surface area (Å²) in [6.45, 7) is 5.08. The van der Waals surface area contributed by atoms with Gasteiger partial charge in [-0.1, -0.05) is 12.8 Å². The predicted octanol–water partition coefficient (Wildman–Crippen LogP) is 3.41. The van der Waals surface area contributed by atoms with Crippen LogP contribution in [0.15, 0.2) is 11.1 Å². The van der Waals surface area contributed by atoms with Gasteiger partial charge in [0, 0.05) is 15.7 Å². The van der Waals surface area contributed by atoms with Crippen molar-refractivity contribution in [2.75, 3.05) is 0 Å². The molecule has 16 heavy (non-hydrogen) atoms. The normalized spacial score (nSPS) is 18.2. The summed E-state index contributed by atoms with van der Waals surface area (Å²) in [7, 11) is 0. The summed E-state index contributed by atoms with van der Waals surface area (Å²) in [5.74, 6) is 1.43. The van der Waals surface area contributed by atoms with E-state index in [0.29, 0.717) is 5.92 Å². The van der Waals surface area contributed by atoms with Crippen molar-refractivity contribution in [3.8, 4) is 0 Å². The van der Waals surface area contributed by atoms with Gasteiger partial charge in [-0.05, 0) is 38.3 Å². The third-order valence-corrected chi connectivity index (χ3v) is 4.55. The third-order valence-electron chi connectivity index (χ3n) is 3.41. The number of hydrogen-bond donors (Lipinski definition) is 1. The molecule has 2 rings (SSSR count). The van der Waals surface area contributed by atoms with Crippen LogP contribution in [0.2, 0.25) is 0 Å². The Morgan fingerprint density at radius 1 is 1.44 bits per heavy atom. The molecule has 88 valence electrons. The summed E-state index contributed by atoms with van der Waals surface area (Å²) in [6, 6.07) is 2.23. The van der Waals surface area contributed by atoms with E-state index in [2.05, 4.69) is 24.9 Å². The van der Waals surface area contributed by atoms with Crippen LogP contribution in [0.5, 0.6) is 0 Å². The zero-order valence-electron chi connectivity index (χ0n) is 10.1. The first-order valence-corrected chi connectivity index (χ1v) is 6.84. The highest BCUT2D eigenvalue weighted by Gasteiger charge is 2.18. The van der Waals surface area contributed by atoms with Gasteiger partial charge in [0.15, 0.2) is 0 Å². The molecule has 0 spiro atoms. The molecule has 2 N–H and O–H groups in total. The van der Waals surface area contributed by atoms with E-state index in [1.165, 1.54) is 41.0 Å². The molecule has 1 aliphatic rings. The standard InChI is InChI=1S/C13H20N2S/c1-9-7-12(16-10(9)2)8-15-13(14)11-5-3-4-6-11/h7,11H,3-6,8H2,1-2H3,(H2,14,15). The minimum atomic E-state index is 0.558. The monoisotopic (exact) mass is 236 g/mol. The van der Waals surface area contributed by atoms with Gasteiger partial charge < -0.3 is 5.73 Å². The summed E-state index contributed by atoms with van der Waals surface area (Å²) in [5, 5.41) is 0. The molecule has 0 radical (unpaired) electrons. The van der Waals surface area contributed by atoms with Crippen LogP contribution in [0.1, 0.15) is 41.0 Å². The average Bonchev–Trinajstić information content (AvgIpc) is 2.86. The van der Waals surface area contributed by atoms with E-state index in [-0.39, 0.29) is 0 Å². The summed E-state index contributed by atoms with van der Waals surface area (Å²) in [5.41, 5.74) is 7.40. The lowest BCUT2D eigenvalue weighted by Crippen LogP contribution is -2.21. The maximum atomic E-state index is 6.03. The molecule has 0 atom stereocenters. The molecule has 0 aromatic carbocycles. The van der Waals surface area contributed by atoms with Crippen LogP contribution >= 0.6 is 11.3 Å². The van der Waals surface area contributed by atoms with Crippen molar-refractivity contribution in [2.45, 2.75) is 46.1 Å². The molecular weight excluding hydrogens is 216 g/mol. The van der Waals surface area contributed by atoms with Gasteiger partial charge in [0.05, 0.1) is 12.4 Å². The van der Waals surface area contributed by atoms with Crippen molar-refractivity contribution in [1.29, 1.82) is 0 Å². The molecule has 3 heteroatoms. The van der Waals surface area contributed by atoms with E-state index in [1.54, 1.807) is 0 Å². The Hall–Kier alpha value is -0.830. The van der Waals surface area contributed by atoms with Gasteiger partial charge in [0.1, 0.15) is 0 Å². The Kier molecular flexibility index (Phi) is 3.64. The van der Waals surface area contributed by atoms with Gasteiger partial charge in [0.2, 0.25) is 0 Å². The molecule has 0 unspecified atom stereocenters. The highest BCUT2D eigenvalue weighted by molar-refractivity contribution is 7.12. The maximum Gasteiger partial charge on any atom is 0.0972 e. The lowest BCUT2D eigenvalue weighted by atomic mass is 10.1. The fourth-order valence-corrected chi connectivity index (χ4v) is 3.23. The number of aryl methyl sites for hydroxylation is 2. The van der Waals surface area contributed by atoms with E-state index in [4.69, 9.17) is 5.73 Å². The second-order valence-electron chi connectivity index (χ2n) is 4.67. The molecule has 1 aromatic heterocycles. The van der Waals surface area contributed by atoms with Crippen LogP contribution < -0.4 is 5.73 Å². The largest absolute Gasteiger partial charge is 0.387 e. The fraction of sp³-hybridized carbons (Fsp3) is 0.615. The lowest BCUT2D eigenvalue weighted by molar-refractivity contribution is 0.716. The molecule has 0 saturated heterocycles. The summed E-state index contributed by atoms with van der Waals surface area (Å²) in [4.78, 5) is 7.26. The van der Waals surface area contributed by atoms with Crippen molar-refractivity contribution >= 4 is 17.2 Å². The summed E-state index contributed by atoms with van der Waals surface area (Å²) < 4.78 is 0. The number of hydrogen-bond acceptors (Lipinski definition) is 2. The second kappa shape index (κ2) is 5.00. The number of thiophene rings is 1. The zero-order valence-corrected chi connectivity index (χ0v) is 10.9. The van der Waals surface area contributed by atoms with Crippen molar-refractivity contribution in [3.63, 3.8) is 0 Å². The van der Waals surface area contributed by atoms with Crippen LogP contribution in [0.3, 0.4) is 0 Å². The Bertz CT molecular complexity index is 367. The van der Waals surface area contributed by atoms with Crippen LogP contribution in [-0.2, 0) is 6.54 Å². The van der Waals surface area contributed by atoms with E-state index in [1.807, 2.05) is 11.3 Å². The first-order chi connectivity index (χ1) is 7.66. The lowest BCUT2D eigenvalue weighted by Gasteiger charge is -2.07. The Balaban J connectivity index is 1.97. The van der Waals surface area contributed by atoms with Crippen LogP contribution in [0.25, 0.3) is 0 Å². The highest BCUT2D eigenvalue weighted by atomic mass is 32.1. The van der Waals surface area contributed by atoms with Gasteiger partial charge in [-0.3, -0.25) is 4.99 Å². The van der Waals surface area contributed by atoms with Crippen molar-refractivity contribution in [1.82, 2.24) is 0 Å². The van der Waals surface area contributed by atoms with Gasteiger partial charge in [0.25, 0.3) is 0 Å². The summed E-state index contributed by atoms with van der Waals surface area (Å²) in [6.07, 6.45) is 5.10. The summed E-state index contributed by atoms with van der Waals surface area (Å²) >= 11 is 1.84. The topological polar surface area (TPSA) is 38.4 Å². The molecule has 0 bridgehead atoms. The van der Waals surface area contributed by atoms with E-state index in [0.717, 1.165) is 12.4 Å². The van der Waals surface area contributed by atoms with Crippen LogP contribution in [0, 0.1) is 19.8 Å². The highest BCUT2D eigenvalue weighted by Crippen LogP contribution is 2.25. The minimum absolute atomic E-state index is 0.558. The van der Waals surface area contributed by atoms with E-state index >= 15 is 0 Å². The quantitative estimate of drug-likeness (QED) is 0.634. The molecule has 0 aliphatic heterocycles. The first kappa shape index (κ1) is 11.6. The number of rotatable bonds is 3. The van der Waals surface area contributed by atoms with Crippen molar-refractivity contribution < 1.29 is 0 Å². The maximum absolute atomic E-state index is 6.03. The molecular formula is C13H20N2S. The third kappa shape index (κ3) is 2.64. The Morgan fingerprint density at radius 2 is 2.12 bits per heavy atom. The molecule has 1 aromatic rings. The van der Waals surface area contributed by atoms with Crippen molar-refractivity contribution in [2.24, 2.45) is 16.6 Å². The minimum Gasteiger partial charge on any atom is -0.387 e. The van der Waals surface area contributed by atoms with Crippen molar-refractivity contribution in [3.05, 3.63) is 21.4 Å². The van der Waals surface area contributed by atoms with Crippen LogP contribution in [0.4, 0.5) is 0 Å². The van der Waals surface area contributed by atoms with Gasteiger partial charge in [-0.2, -0.15) is 0 Å². The molecule has 1 aliphatic carbocycles. The van der Waals surface area contributed by atoms with E-state index in [9.17, 15) is 0 Å². The Labute approximate surface area is 102 Å². The average molecular weight is 236 g/mol. The molecule has 0 amide bonds. The van der Waals surface area contributed by atoms with Gasteiger partial charge in [-0.15, -0.1) is 11.3 Å². The van der Waals surface area contributed by atoms with E-state index < -0.39 is 0 Å². The molecule has 2 nitrogen and oxygen atoms in total. The number of nitrogens with zero attached hydrogens (tertiary/aromatic N) is 1. The predicted molar refractivity (Wildman–Crippen MR) is 71.1 cm³/mol. The van der Waals surface area contributed by atoms with Gasteiger partial charge in [-0.25, -0.2) is 0 Å². The van der Waals surface area contributed by atoms with Gasteiger partial charge >= 0.3 is 0 Å². The first-order valence-electron chi connectivity index (χ1n) is 6.02. The van der Waals surface area contributed by atoms with Crippen LogP contribution in [-0.4, -0.2) is 5.84 Å². The molecule has 1 saturated carbocycles. The number of amidine groups is 1. The molecule has 1 heterocycles. The Morgan fingerprint density at radius 3 is 2.69 bits per heavy atom. The molecule has 1 fully saturated rings. The number of aliphatic imine (C=N–C) groups is 1.